The van der Waals surface area contributed by atoms with Crippen LogP contribution in [0.4, 0.5) is 0 Å². The van der Waals surface area contributed by atoms with Crippen molar-refractivity contribution in [3.63, 3.8) is 0 Å². The van der Waals surface area contributed by atoms with Crippen LogP contribution in [0.3, 0.4) is 0 Å². The number of aromatic nitrogens is 1. The van der Waals surface area contributed by atoms with Gasteiger partial charge in [0, 0.05) is 22.5 Å². The van der Waals surface area contributed by atoms with Crippen LogP contribution in [0.1, 0.15) is 15.8 Å². The molecule has 2 heterocycles. The van der Waals surface area contributed by atoms with Gasteiger partial charge in [-0.1, -0.05) is 17.8 Å². The van der Waals surface area contributed by atoms with Crippen molar-refractivity contribution in [3.05, 3.63) is 33.5 Å². The molecule has 0 amide bonds. The fraction of sp³-hybridized carbons (Fsp3) is 0.300. The Morgan fingerprint density at radius 2 is 2.40 bits per heavy atom. The van der Waals surface area contributed by atoms with E-state index in [0.717, 1.165) is 10.0 Å². The molecule has 0 aliphatic rings. The number of nitrogens with two attached hydrogens (primary N) is 1. The van der Waals surface area contributed by atoms with Crippen LogP contribution >= 0.6 is 34.4 Å². The van der Waals surface area contributed by atoms with Crippen LogP contribution in [0.2, 0.25) is 0 Å². The van der Waals surface area contributed by atoms with Gasteiger partial charge in [-0.25, -0.2) is 4.98 Å². The monoisotopic (exact) mass is 256 g/mol. The smallest absolute Gasteiger partial charge is 0.150 e. The number of hydrogen-bond acceptors (Lipinski definition) is 5. The lowest BCUT2D eigenvalue weighted by Crippen LogP contribution is -2.07. The van der Waals surface area contributed by atoms with Crippen molar-refractivity contribution in [2.24, 2.45) is 5.73 Å². The van der Waals surface area contributed by atoms with Crippen molar-refractivity contribution in [3.8, 4) is 0 Å². The second-order valence-corrected chi connectivity index (χ2v) is 6.40. The number of hydrogen-bond donors (Lipinski definition) is 1. The molecule has 80 valence electrons. The van der Waals surface area contributed by atoms with E-state index in [2.05, 4.69) is 27.9 Å². The van der Waals surface area contributed by atoms with Gasteiger partial charge < -0.3 is 5.73 Å². The minimum atomic E-state index is 0.343. The van der Waals surface area contributed by atoms with Gasteiger partial charge in [-0.3, -0.25) is 0 Å². The maximum Gasteiger partial charge on any atom is 0.150 e. The van der Waals surface area contributed by atoms with Gasteiger partial charge in [0.05, 0.1) is 5.25 Å². The minimum absolute atomic E-state index is 0.343. The molecular weight excluding hydrogens is 244 g/mol. The van der Waals surface area contributed by atoms with Crippen molar-refractivity contribution in [1.82, 2.24) is 4.98 Å². The molecule has 0 radical (unpaired) electrons. The fourth-order valence-corrected chi connectivity index (χ4v) is 4.20. The van der Waals surface area contributed by atoms with E-state index in [4.69, 9.17) is 5.73 Å². The van der Waals surface area contributed by atoms with E-state index in [1.807, 2.05) is 6.92 Å². The highest BCUT2D eigenvalue weighted by molar-refractivity contribution is 8.01. The van der Waals surface area contributed by atoms with E-state index in [1.165, 1.54) is 4.88 Å². The van der Waals surface area contributed by atoms with Crippen molar-refractivity contribution in [2.45, 2.75) is 16.5 Å². The topological polar surface area (TPSA) is 38.9 Å². The first-order valence-corrected chi connectivity index (χ1v) is 7.25. The zero-order valence-corrected chi connectivity index (χ0v) is 10.8. The molecule has 0 fully saturated rings. The lowest BCUT2D eigenvalue weighted by atomic mass is 10.3. The molecule has 2 aromatic rings. The number of nitrogens with zero attached hydrogens (tertiary/aromatic N) is 1. The second-order valence-electron chi connectivity index (χ2n) is 3.11. The lowest BCUT2D eigenvalue weighted by Gasteiger charge is -2.09. The fourth-order valence-electron chi connectivity index (χ4n) is 1.21. The van der Waals surface area contributed by atoms with Gasteiger partial charge in [0.15, 0.2) is 4.34 Å². The summed E-state index contributed by atoms with van der Waals surface area (Å²) in [5.41, 5.74) is 6.87. The van der Waals surface area contributed by atoms with E-state index in [-0.39, 0.29) is 0 Å². The summed E-state index contributed by atoms with van der Waals surface area (Å²) >= 11 is 5.21. The largest absolute Gasteiger partial charge is 0.329 e. The van der Waals surface area contributed by atoms with Gasteiger partial charge >= 0.3 is 0 Å². The highest BCUT2D eigenvalue weighted by Gasteiger charge is 2.14. The Kier molecular flexibility index (Phi) is 3.80. The summed E-state index contributed by atoms with van der Waals surface area (Å²) < 4.78 is 1.11. The molecule has 2 N–H and O–H groups in total. The summed E-state index contributed by atoms with van der Waals surface area (Å²) in [6, 6.07) is 4.20. The lowest BCUT2D eigenvalue weighted by molar-refractivity contribution is 0.957. The second kappa shape index (κ2) is 5.12. The molecular formula is C10H12N2S3. The molecule has 1 unspecified atom stereocenters. The zero-order valence-electron chi connectivity index (χ0n) is 8.34. The van der Waals surface area contributed by atoms with Crippen LogP contribution in [0, 0.1) is 6.92 Å². The average Bonchev–Trinajstić information content (AvgIpc) is 2.85. The maximum absolute atomic E-state index is 5.78. The Morgan fingerprint density at radius 1 is 1.53 bits per heavy atom. The predicted molar refractivity (Wildman–Crippen MR) is 68.8 cm³/mol. The normalized spacial score (nSPS) is 12.9. The van der Waals surface area contributed by atoms with Gasteiger partial charge in [0.1, 0.15) is 0 Å². The van der Waals surface area contributed by atoms with Crippen LogP contribution in [-0.4, -0.2) is 11.5 Å². The van der Waals surface area contributed by atoms with Crippen molar-refractivity contribution < 1.29 is 0 Å². The van der Waals surface area contributed by atoms with E-state index in [0.29, 0.717) is 11.8 Å². The van der Waals surface area contributed by atoms with Crippen molar-refractivity contribution in [1.29, 1.82) is 0 Å². The first-order valence-electron chi connectivity index (χ1n) is 4.62. The van der Waals surface area contributed by atoms with Gasteiger partial charge in [-0.05, 0) is 18.4 Å². The van der Waals surface area contributed by atoms with Crippen LogP contribution in [0.25, 0.3) is 0 Å². The van der Waals surface area contributed by atoms with Gasteiger partial charge in [0.2, 0.25) is 0 Å². The molecule has 0 bridgehead atoms. The summed E-state index contributed by atoms with van der Waals surface area (Å²) in [6.07, 6.45) is 0. The highest BCUT2D eigenvalue weighted by Crippen LogP contribution is 2.37. The van der Waals surface area contributed by atoms with Crippen LogP contribution in [-0.2, 0) is 0 Å². The third-order valence-corrected chi connectivity index (χ3v) is 5.40. The van der Waals surface area contributed by atoms with Crippen molar-refractivity contribution in [2.75, 3.05) is 6.54 Å². The summed E-state index contributed by atoms with van der Waals surface area (Å²) in [7, 11) is 0. The highest BCUT2D eigenvalue weighted by atomic mass is 32.2. The molecule has 0 saturated carbocycles. The zero-order chi connectivity index (χ0) is 10.7. The molecule has 15 heavy (non-hydrogen) atoms. The summed E-state index contributed by atoms with van der Waals surface area (Å²) in [5, 5.41) is 4.51. The van der Waals surface area contributed by atoms with Crippen molar-refractivity contribution >= 4 is 34.4 Å². The Hall–Kier alpha value is -0.360. The number of thiophene rings is 1. The molecule has 0 saturated heterocycles. The Labute approximate surface area is 102 Å². The molecule has 5 heteroatoms. The van der Waals surface area contributed by atoms with E-state index in [9.17, 15) is 0 Å². The van der Waals surface area contributed by atoms with Crippen LogP contribution in [0.15, 0.2) is 27.2 Å². The predicted octanol–water partition coefficient (Wildman–Crippen LogP) is 3.31. The molecule has 2 rings (SSSR count). The number of thiazole rings is 1. The Bertz CT molecular complexity index is 408. The molecule has 1 atom stereocenters. The minimum Gasteiger partial charge on any atom is -0.329 e. The van der Waals surface area contributed by atoms with Gasteiger partial charge in [-0.15, -0.1) is 22.7 Å². The molecule has 0 aliphatic carbocycles. The van der Waals surface area contributed by atoms with Crippen LogP contribution < -0.4 is 5.73 Å². The number of aryl methyl sites for hydroxylation is 1. The standard InChI is InChI=1S/C10H12N2S3/c1-7-6-14-10(12-7)15-9(5-11)8-3-2-4-13-8/h2-4,6,9H,5,11H2,1H3. The average molecular weight is 256 g/mol. The molecule has 0 aromatic carbocycles. The number of thioether (sulfide) groups is 1. The molecule has 0 aliphatic heterocycles. The summed E-state index contributed by atoms with van der Waals surface area (Å²) in [5.74, 6) is 0. The third-order valence-electron chi connectivity index (χ3n) is 1.92. The van der Waals surface area contributed by atoms with Gasteiger partial charge in [-0.2, -0.15) is 0 Å². The van der Waals surface area contributed by atoms with Crippen LogP contribution in [0.5, 0.6) is 0 Å². The first kappa shape index (κ1) is 11.1. The summed E-state index contributed by atoms with van der Waals surface area (Å²) in [6.45, 7) is 2.67. The quantitative estimate of drug-likeness (QED) is 0.853. The summed E-state index contributed by atoms with van der Waals surface area (Å²) in [4.78, 5) is 5.77. The Balaban J connectivity index is 2.09. The van der Waals surface area contributed by atoms with E-state index >= 15 is 0 Å². The van der Waals surface area contributed by atoms with E-state index in [1.54, 1.807) is 34.4 Å². The molecule has 2 nitrogen and oxygen atoms in total. The Morgan fingerprint density at radius 3 is 2.93 bits per heavy atom. The SMILES string of the molecule is Cc1csc(SC(CN)c2cccs2)n1. The third kappa shape index (κ3) is 2.81. The number of rotatable bonds is 4. The van der Waals surface area contributed by atoms with Gasteiger partial charge in [0.25, 0.3) is 0 Å². The molecule has 2 aromatic heterocycles. The molecule has 0 spiro atoms. The maximum atomic E-state index is 5.78. The first-order chi connectivity index (χ1) is 7.29. The van der Waals surface area contributed by atoms with E-state index < -0.39 is 0 Å².